The maximum Gasteiger partial charge on any atom is 0.224 e. The van der Waals surface area contributed by atoms with Gasteiger partial charge in [-0.15, -0.1) is 12.4 Å². The summed E-state index contributed by atoms with van der Waals surface area (Å²) in [6, 6.07) is 15.0. The topological polar surface area (TPSA) is 107 Å². The van der Waals surface area contributed by atoms with Crippen molar-refractivity contribution in [3.05, 3.63) is 59.7 Å². The van der Waals surface area contributed by atoms with Crippen LogP contribution in [0.2, 0.25) is 0 Å². The van der Waals surface area contributed by atoms with E-state index in [0.717, 1.165) is 49.0 Å². The number of halogens is 1. The maximum absolute atomic E-state index is 12.2. The molecule has 2 aliphatic rings. The molecule has 0 aliphatic carbocycles. The van der Waals surface area contributed by atoms with Gasteiger partial charge in [0.2, 0.25) is 11.8 Å². The first-order chi connectivity index (χ1) is 14.7. The van der Waals surface area contributed by atoms with Gasteiger partial charge in [-0.2, -0.15) is 0 Å². The van der Waals surface area contributed by atoms with Gasteiger partial charge in [0, 0.05) is 48.4 Å². The van der Waals surface area contributed by atoms with Crippen LogP contribution in [0.4, 0.5) is 11.4 Å². The fraction of sp³-hybridized carbons (Fsp3) is 0.273. The molecule has 0 aromatic heterocycles. The fourth-order valence-electron chi connectivity index (χ4n) is 3.28. The van der Waals surface area contributed by atoms with Crippen LogP contribution in [0, 0.1) is 0 Å². The van der Waals surface area contributed by atoms with E-state index >= 15 is 0 Å². The summed E-state index contributed by atoms with van der Waals surface area (Å²) < 4.78 is 0. The fourth-order valence-corrected chi connectivity index (χ4v) is 3.28. The number of nitrogens with one attached hydrogen (secondary N) is 4. The third-order valence-corrected chi connectivity index (χ3v) is 4.81. The monoisotopic (exact) mass is 440 g/mol. The summed E-state index contributed by atoms with van der Waals surface area (Å²) >= 11 is 0. The maximum atomic E-state index is 12.2. The average Bonchev–Trinajstić information content (AvgIpc) is 3.48. The van der Waals surface area contributed by atoms with Gasteiger partial charge in [0.05, 0.1) is 13.1 Å². The van der Waals surface area contributed by atoms with Gasteiger partial charge in [-0.1, -0.05) is 0 Å². The number of hydrogen-bond acceptors (Lipinski definition) is 6. The summed E-state index contributed by atoms with van der Waals surface area (Å²) in [5.74, 6) is 1.36. The minimum atomic E-state index is -0.199. The van der Waals surface area contributed by atoms with Crippen LogP contribution in [-0.2, 0) is 9.59 Å². The quantitative estimate of drug-likeness (QED) is 0.529. The Labute approximate surface area is 187 Å². The van der Waals surface area contributed by atoms with E-state index in [9.17, 15) is 9.59 Å². The van der Waals surface area contributed by atoms with E-state index in [0.29, 0.717) is 11.4 Å². The summed E-state index contributed by atoms with van der Waals surface area (Å²) in [5, 5.41) is 12.1. The van der Waals surface area contributed by atoms with Crippen molar-refractivity contribution in [2.45, 2.75) is 12.8 Å². The smallest absolute Gasteiger partial charge is 0.224 e. The standard InChI is InChI=1S/C22H24N6O2.ClH/c29-19(27-17-5-1-15(2-6-17)21-23-11-12-24-21)9-10-20(30)28-18-7-3-16(4-8-18)22-25-13-14-26-22;/h1-8H,9-14H2,(H,23,24)(H,25,26)(H,27,29)(H,28,30);1H. The normalized spacial score (nSPS) is 14.5. The molecule has 2 amide bonds. The van der Waals surface area contributed by atoms with Gasteiger partial charge in [-0.3, -0.25) is 19.6 Å². The van der Waals surface area contributed by atoms with Crippen LogP contribution < -0.4 is 21.3 Å². The van der Waals surface area contributed by atoms with Crippen LogP contribution in [0.3, 0.4) is 0 Å². The minimum Gasteiger partial charge on any atom is -0.368 e. The molecular formula is C22H25ClN6O2. The first kappa shape index (κ1) is 22.3. The van der Waals surface area contributed by atoms with Crippen molar-refractivity contribution >= 4 is 47.3 Å². The lowest BCUT2D eigenvalue weighted by atomic mass is 10.1. The van der Waals surface area contributed by atoms with Crippen molar-refractivity contribution in [3.8, 4) is 0 Å². The second kappa shape index (κ2) is 10.6. The third-order valence-electron chi connectivity index (χ3n) is 4.81. The van der Waals surface area contributed by atoms with E-state index in [1.807, 2.05) is 48.5 Å². The Morgan fingerprint density at radius 2 is 1.10 bits per heavy atom. The van der Waals surface area contributed by atoms with Gasteiger partial charge in [-0.05, 0) is 48.5 Å². The lowest BCUT2D eigenvalue weighted by Gasteiger charge is -2.08. The van der Waals surface area contributed by atoms with Gasteiger partial charge in [0.1, 0.15) is 11.7 Å². The van der Waals surface area contributed by atoms with Crippen molar-refractivity contribution in [2.24, 2.45) is 9.98 Å². The lowest BCUT2D eigenvalue weighted by molar-refractivity contribution is -0.121. The van der Waals surface area contributed by atoms with E-state index in [1.165, 1.54) is 0 Å². The highest BCUT2D eigenvalue weighted by molar-refractivity contribution is 6.01. The van der Waals surface area contributed by atoms with Crippen LogP contribution >= 0.6 is 12.4 Å². The Bertz CT molecular complexity index is 905. The Morgan fingerprint density at radius 1 is 0.710 bits per heavy atom. The molecule has 2 aromatic carbocycles. The number of hydrogen-bond donors (Lipinski definition) is 4. The highest BCUT2D eigenvalue weighted by Crippen LogP contribution is 2.13. The van der Waals surface area contributed by atoms with Crippen LogP contribution in [0.1, 0.15) is 24.0 Å². The van der Waals surface area contributed by atoms with E-state index in [2.05, 4.69) is 31.3 Å². The SMILES string of the molecule is Cl.O=C(CCC(=O)Nc1ccc(C2=NCCN2)cc1)Nc1ccc(C2=NCCN2)cc1. The molecule has 0 fully saturated rings. The first-order valence-corrected chi connectivity index (χ1v) is 10.0. The van der Waals surface area contributed by atoms with Crippen molar-refractivity contribution in [2.75, 3.05) is 36.8 Å². The summed E-state index contributed by atoms with van der Waals surface area (Å²) in [7, 11) is 0. The van der Waals surface area contributed by atoms with Gasteiger partial charge < -0.3 is 21.3 Å². The number of carbonyl (C=O) groups excluding carboxylic acids is 2. The third kappa shape index (κ3) is 6.05. The molecule has 2 aliphatic heterocycles. The Kier molecular flexibility index (Phi) is 7.61. The minimum absolute atomic E-state index is 0. The number of nitrogens with zero attached hydrogens (tertiary/aromatic N) is 2. The molecule has 0 spiro atoms. The highest BCUT2D eigenvalue weighted by atomic mass is 35.5. The van der Waals surface area contributed by atoms with Crippen LogP contribution in [-0.4, -0.2) is 49.7 Å². The zero-order valence-corrected chi connectivity index (χ0v) is 17.8. The van der Waals surface area contributed by atoms with Crippen molar-refractivity contribution < 1.29 is 9.59 Å². The van der Waals surface area contributed by atoms with Crippen LogP contribution in [0.25, 0.3) is 0 Å². The molecule has 0 atom stereocenters. The molecule has 0 radical (unpaired) electrons. The molecule has 0 saturated carbocycles. The molecule has 0 saturated heterocycles. The Morgan fingerprint density at radius 3 is 1.42 bits per heavy atom. The molecular weight excluding hydrogens is 416 g/mol. The average molecular weight is 441 g/mol. The second-order valence-corrected chi connectivity index (χ2v) is 7.07. The lowest BCUT2D eigenvalue weighted by Crippen LogP contribution is -2.20. The van der Waals surface area contributed by atoms with Crippen LogP contribution in [0.15, 0.2) is 58.5 Å². The van der Waals surface area contributed by atoms with E-state index in [1.54, 1.807) is 0 Å². The van der Waals surface area contributed by atoms with Crippen molar-refractivity contribution in [1.82, 2.24) is 10.6 Å². The molecule has 2 aromatic rings. The molecule has 4 N–H and O–H groups in total. The summed E-state index contributed by atoms with van der Waals surface area (Å²) in [6.07, 6.45) is 0.224. The number of rotatable bonds is 7. The second-order valence-electron chi connectivity index (χ2n) is 7.07. The molecule has 2 heterocycles. The predicted octanol–water partition coefficient (Wildman–Crippen LogP) is 2.17. The highest BCUT2D eigenvalue weighted by Gasteiger charge is 2.11. The Balaban J connectivity index is 0.00000272. The molecule has 162 valence electrons. The van der Waals surface area contributed by atoms with Crippen molar-refractivity contribution in [1.29, 1.82) is 0 Å². The number of amides is 2. The molecule has 4 rings (SSSR count). The number of aliphatic imine (C=N–C) groups is 2. The van der Waals surface area contributed by atoms with Gasteiger partial charge in [0.15, 0.2) is 0 Å². The van der Waals surface area contributed by atoms with Crippen molar-refractivity contribution in [3.63, 3.8) is 0 Å². The number of carbonyl (C=O) groups is 2. The number of benzene rings is 2. The molecule has 31 heavy (non-hydrogen) atoms. The molecule has 8 nitrogen and oxygen atoms in total. The summed E-state index contributed by atoms with van der Waals surface area (Å²) in [4.78, 5) is 33.0. The summed E-state index contributed by atoms with van der Waals surface area (Å²) in [5.41, 5.74) is 3.38. The van der Waals surface area contributed by atoms with Gasteiger partial charge in [-0.25, -0.2) is 0 Å². The van der Waals surface area contributed by atoms with E-state index in [-0.39, 0.29) is 37.1 Å². The van der Waals surface area contributed by atoms with E-state index < -0.39 is 0 Å². The van der Waals surface area contributed by atoms with Gasteiger partial charge >= 0.3 is 0 Å². The van der Waals surface area contributed by atoms with Gasteiger partial charge in [0.25, 0.3) is 0 Å². The number of anilines is 2. The Hall–Kier alpha value is -3.39. The zero-order valence-electron chi connectivity index (χ0n) is 17.0. The summed E-state index contributed by atoms with van der Waals surface area (Å²) in [6.45, 7) is 3.28. The predicted molar refractivity (Wildman–Crippen MR) is 125 cm³/mol. The number of amidine groups is 2. The van der Waals surface area contributed by atoms with Crippen LogP contribution in [0.5, 0.6) is 0 Å². The molecule has 0 unspecified atom stereocenters. The molecule has 9 heteroatoms. The van der Waals surface area contributed by atoms with E-state index in [4.69, 9.17) is 0 Å². The largest absolute Gasteiger partial charge is 0.368 e. The molecule has 0 bridgehead atoms. The first-order valence-electron chi connectivity index (χ1n) is 10.0. The zero-order chi connectivity index (χ0) is 20.8.